The van der Waals surface area contributed by atoms with E-state index in [0.29, 0.717) is 0 Å². The minimum absolute atomic E-state index is 0.248. The van der Waals surface area contributed by atoms with Gasteiger partial charge in [0.1, 0.15) is 55.6 Å². The van der Waals surface area contributed by atoms with Gasteiger partial charge in [0.2, 0.25) is 0 Å². The molecule has 10 atom stereocenters. The molecule has 2 rings (SSSR count). The molecule has 0 spiro atoms. The van der Waals surface area contributed by atoms with E-state index in [1.807, 2.05) is 0 Å². The van der Waals surface area contributed by atoms with Crippen molar-refractivity contribution in [1.82, 2.24) is 0 Å². The summed E-state index contributed by atoms with van der Waals surface area (Å²) in [4.78, 5) is 0. The van der Waals surface area contributed by atoms with Crippen LogP contribution >= 0.6 is 0 Å². The molecule has 7 N–H and O–H groups in total. The van der Waals surface area contributed by atoms with Crippen molar-refractivity contribution < 1.29 is 59.4 Å². The maximum absolute atomic E-state index is 9.88. The quantitative estimate of drug-likeness (QED) is 0.164. The third-order valence-corrected chi connectivity index (χ3v) is 4.35. The van der Waals surface area contributed by atoms with Gasteiger partial charge in [-0.15, -0.1) is 0 Å². The van der Waals surface area contributed by atoms with Gasteiger partial charge >= 0.3 is 0 Å². The standard InChI is InChI=1S/C14H26O12/c1-22-13-11(20)10(19)8(17)6(26-13)3-23-4-24-14-12(21)9(18)7(16)5(2-15)25-14/h5-21H,2-4H2,1H3/t5?,6?,7?,8-,9?,10?,11-,12-,13+,14+/m1/s1. The number of aliphatic hydroxyl groups excluding tert-OH is 7. The monoisotopic (exact) mass is 386 g/mol. The fraction of sp³-hybridized carbons (Fsp3) is 1.00. The smallest absolute Gasteiger partial charge is 0.189 e. The van der Waals surface area contributed by atoms with Crippen LogP contribution in [-0.2, 0) is 23.7 Å². The third kappa shape index (κ3) is 4.67. The Balaban J connectivity index is 1.79. The lowest BCUT2D eigenvalue weighted by Gasteiger charge is -2.40. The number of rotatable bonds is 7. The van der Waals surface area contributed by atoms with Crippen molar-refractivity contribution in [3.05, 3.63) is 0 Å². The topological polar surface area (TPSA) is 188 Å². The predicted octanol–water partition coefficient (Wildman–Crippen LogP) is -4.77. The van der Waals surface area contributed by atoms with Gasteiger partial charge < -0.3 is 59.4 Å². The molecule has 0 aromatic carbocycles. The van der Waals surface area contributed by atoms with Crippen LogP contribution in [0.2, 0.25) is 0 Å². The van der Waals surface area contributed by atoms with Crippen LogP contribution in [0.3, 0.4) is 0 Å². The van der Waals surface area contributed by atoms with E-state index in [4.69, 9.17) is 28.8 Å². The van der Waals surface area contributed by atoms with Crippen LogP contribution in [0.1, 0.15) is 0 Å². The van der Waals surface area contributed by atoms with Crippen molar-refractivity contribution in [3.8, 4) is 0 Å². The minimum Gasteiger partial charge on any atom is -0.394 e. The van der Waals surface area contributed by atoms with Crippen molar-refractivity contribution in [3.63, 3.8) is 0 Å². The second-order valence-electron chi connectivity index (χ2n) is 6.10. The van der Waals surface area contributed by atoms with E-state index >= 15 is 0 Å². The van der Waals surface area contributed by atoms with E-state index in [9.17, 15) is 30.6 Å². The molecule has 0 radical (unpaired) electrons. The van der Waals surface area contributed by atoms with Crippen LogP contribution in [0.15, 0.2) is 0 Å². The Morgan fingerprint density at radius 3 is 1.85 bits per heavy atom. The van der Waals surface area contributed by atoms with Crippen LogP contribution in [0.4, 0.5) is 0 Å². The fourth-order valence-corrected chi connectivity index (χ4v) is 2.73. The molecule has 2 heterocycles. The highest BCUT2D eigenvalue weighted by atomic mass is 16.8. The SMILES string of the molecule is CO[C@H]1OC(COCO[C@H]2OC(CO)C(O)C(O)[C@H]2O)[C@@H](O)C(O)[C@H]1O. The van der Waals surface area contributed by atoms with Gasteiger partial charge in [-0.05, 0) is 0 Å². The Morgan fingerprint density at radius 1 is 0.731 bits per heavy atom. The summed E-state index contributed by atoms with van der Waals surface area (Å²) in [5.41, 5.74) is 0. The molecular formula is C14H26O12. The lowest BCUT2D eigenvalue weighted by molar-refractivity contribution is -0.325. The second-order valence-corrected chi connectivity index (χ2v) is 6.10. The summed E-state index contributed by atoms with van der Waals surface area (Å²) >= 11 is 0. The average Bonchev–Trinajstić information content (AvgIpc) is 2.64. The summed E-state index contributed by atoms with van der Waals surface area (Å²) in [6, 6.07) is 0. The van der Waals surface area contributed by atoms with Crippen molar-refractivity contribution in [2.45, 2.75) is 61.4 Å². The van der Waals surface area contributed by atoms with E-state index < -0.39 is 74.8 Å². The first-order valence-corrected chi connectivity index (χ1v) is 8.04. The first-order valence-electron chi connectivity index (χ1n) is 8.04. The van der Waals surface area contributed by atoms with Crippen LogP contribution < -0.4 is 0 Å². The van der Waals surface area contributed by atoms with Gasteiger partial charge in [0.25, 0.3) is 0 Å². The largest absolute Gasteiger partial charge is 0.394 e. The normalized spacial score (nSPS) is 47.1. The maximum atomic E-state index is 9.88. The second kappa shape index (κ2) is 9.64. The Labute approximate surface area is 149 Å². The molecule has 12 nitrogen and oxygen atoms in total. The number of hydrogen-bond acceptors (Lipinski definition) is 12. The number of ether oxygens (including phenoxy) is 5. The van der Waals surface area contributed by atoms with Crippen molar-refractivity contribution in [1.29, 1.82) is 0 Å². The van der Waals surface area contributed by atoms with Crippen molar-refractivity contribution >= 4 is 0 Å². The van der Waals surface area contributed by atoms with E-state index in [0.717, 1.165) is 0 Å². The van der Waals surface area contributed by atoms with Gasteiger partial charge in [0, 0.05) is 7.11 Å². The maximum Gasteiger partial charge on any atom is 0.189 e. The molecule has 0 aliphatic carbocycles. The van der Waals surface area contributed by atoms with Gasteiger partial charge in [-0.2, -0.15) is 0 Å². The summed E-state index contributed by atoms with van der Waals surface area (Å²) in [5, 5.41) is 67.5. The first-order chi connectivity index (χ1) is 12.3. The van der Waals surface area contributed by atoms with Gasteiger partial charge in [-0.25, -0.2) is 0 Å². The summed E-state index contributed by atoms with van der Waals surface area (Å²) in [7, 11) is 1.26. The summed E-state index contributed by atoms with van der Waals surface area (Å²) in [6.45, 7) is -1.29. The Morgan fingerprint density at radius 2 is 1.27 bits per heavy atom. The third-order valence-electron chi connectivity index (χ3n) is 4.35. The van der Waals surface area contributed by atoms with Crippen LogP contribution in [-0.4, -0.2) is 124 Å². The highest BCUT2D eigenvalue weighted by Gasteiger charge is 2.45. The molecule has 2 aliphatic rings. The highest BCUT2D eigenvalue weighted by Crippen LogP contribution is 2.23. The lowest BCUT2D eigenvalue weighted by atomic mass is 9.99. The van der Waals surface area contributed by atoms with Gasteiger partial charge in [0.15, 0.2) is 12.6 Å². The molecule has 12 heteroatoms. The fourth-order valence-electron chi connectivity index (χ4n) is 2.73. The van der Waals surface area contributed by atoms with Crippen molar-refractivity contribution in [2.75, 3.05) is 27.1 Å². The van der Waals surface area contributed by atoms with Crippen LogP contribution in [0.25, 0.3) is 0 Å². The molecule has 0 aromatic heterocycles. The van der Waals surface area contributed by atoms with E-state index in [2.05, 4.69) is 0 Å². The summed E-state index contributed by atoms with van der Waals surface area (Å²) < 4.78 is 25.5. The highest BCUT2D eigenvalue weighted by molar-refractivity contribution is 4.90. The Bertz CT molecular complexity index is 383. The number of methoxy groups -OCH3 is 1. The first kappa shape index (κ1) is 21.8. The van der Waals surface area contributed by atoms with Crippen LogP contribution in [0.5, 0.6) is 0 Å². The van der Waals surface area contributed by atoms with E-state index in [1.54, 1.807) is 0 Å². The molecule has 0 aromatic rings. The van der Waals surface area contributed by atoms with Gasteiger partial charge in [-0.3, -0.25) is 0 Å². The zero-order valence-electron chi connectivity index (χ0n) is 14.1. The van der Waals surface area contributed by atoms with Gasteiger partial charge in [0.05, 0.1) is 13.2 Å². The number of hydrogen-bond donors (Lipinski definition) is 7. The molecule has 2 fully saturated rings. The zero-order valence-corrected chi connectivity index (χ0v) is 14.1. The number of aliphatic hydroxyl groups is 7. The molecule has 0 bridgehead atoms. The van der Waals surface area contributed by atoms with Crippen molar-refractivity contribution in [2.24, 2.45) is 0 Å². The van der Waals surface area contributed by atoms with Gasteiger partial charge in [-0.1, -0.05) is 0 Å². The Kier molecular flexibility index (Phi) is 8.08. The van der Waals surface area contributed by atoms with Crippen LogP contribution in [0, 0.1) is 0 Å². The molecular weight excluding hydrogens is 360 g/mol. The average molecular weight is 386 g/mol. The molecule has 0 saturated carbocycles. The molecule has 2 saturated heterocycles. The molecule has 5 unspecified atom stereocenters. The predicted molar refractivity (Wildman–Crippen MR) is 79.4 cm³/mol. The molecule has 26 heavy (non-hydrogen) atoms. The Hall–Kier alpha value is -0.480. The lowest BCUT2D eigenvalue weighted by Crippen LogP contribution is -2.59. The zero-order chi connectivity index (χ0) is 19.4. The van der Waals surface area contributed by atoms with E-state index in [1.165, 1.54) is 7.11 Å². The van der Waals surface area contributed by atoms with E-state index in [-0.39, 0.29) is 6.61 Å². The molecule has 154 valence electrons. The molecule has 2 aliphatic heterocycles. The summed E-state index contributed by atoms with van der Waals surface area (Å²) in [6.07, 6.45) is -13.6. The summed E-state index contributed by atoms with van der Waals surface area (Å²) in [5.74, 6) is 0. The minimum atomic E-state index is -1.58. The molecule has 0 amide bonds.